The van der Waals surface area contributed by atoms with Crippen LogP contribution < -0.4 is 5.32 Å². The zero-order valence-corrected chi connectivity index (χ0v) is 12.5. The maximum absolute atomic E-state index is 13.2. The van der Waals surface area contributed by atoms with E-state index < -0.39 is 0 Å². The standard InChI is InChI=1S/C16H23ClFN/c1-11(2)7-13(10-19-14-4-5-14)8-12-3-6-16(18)15(17)9-12/h3,6,9,11,13-14,19H,4-5,7-8,10H2,1-2H3. The third kappa shape index (κ3) is 5.12. The molecule has 0 aliphatic heterocycles. The van der Waals surface area contributed by atoms with Crippen molar-refractivity contribution < 1.29 is 4.39 Å². The largest absolute Gasteiger partial charge is 0.314 e. The SMILES string of the molecule is CC(C)CC(CNC1CC1)Cc1ccc(F)c(Cl)c1. The fraction of sp³-hybridized carbons (Fsp3) is 0.625. The molecular weight excluding hydrogens is 261 g/mol. The lowest BCUT2D eigenvalue weighted by atomic mass is 9.91. The molecule has 1 aromatic carbocycles. The van der Waals surface area contributed by atoms with Crippen LogP contribution in [0.15, 0.2) is 18.2 Å². The van der Waals surface area contributed by atoms with E-state index in [-0.39, 0.29) is 10.8 Å². The van der Waals surface area contributed by atoms with Crippen LogP contribution in [0.3, 0.4) is 0 Å². The molecule has 0 amide bonds. The summed E-state index contributed by atoms with van der Waals surface area (Å²) in [6.07, 6.45) is 4.79. The lowest BCUT2D eigenvalue weighted by Crippen LogP contribution is -2.27. The van der Waals surface area contributed by atoms with Gasteiger partial charge in [0.1, 0.15) is 5.82 Å². The van der Waals surface area contributed by atoms with Gasteiger partial charge in [0.15, 0.2) is 0 Å². The Morgan fingerprint density at radius 3 is 2.68 bits per heavy atom. The first-order chi connectivity index (χ1) is 9.04. The van der Waals surface area contributed by atoms with Crippen LogP contribution in [-0.4, -0.2) is 12.6 Å². The van der Waals surface area contributed by atoms with Crippen LogP contribution in [0.4, 0.5) is 4.39 Å². The number of hydrogen-bond acceptors (Lipinski definition) is 1. The van der Waals surface area contributed by atoms with Gasteiger partial charge in [0.05, 0.1) is 5.02 Å². The van der Waals surface area contributed by atoms with E-state index in [1.807, 2.05) is 6.07 Å². The molecule has 0 saturated heterocycles. The number of benzene rings is 1. The van der Waals surface area contributed by atoms with Crippen molar-refractivity contribution in [2.75, 3.05) is 6.54 Å². The quantitative estimate of drug-likeness (QED) is 0.780. The lowest BCUT2D eigenvalue weighted by Gasteiger charge is -2.20. The Balaban J connectivity index is 1.94. The molecule has 19 heavy (non-hydrogen) atoms. The monoisotopic (exact) mass is 283 g/mol. The molecule has 3 heteroatoms. The molecule has 1 fully saturated rings. The molecule has 0 heterocycles. The molecule has 1 saturated carbocycles. The zero-order valence-electron chi connectivity index (χ0n) is 11.8. The van der Waals surface area contributed by atoms with Crippen LogP contribution in [0, 0.1) is 17.7 Å². The molecular formula is C16H23ClFN. The molecule has 0 radical (unpaired) electrons. The van der Waals surface area contributed by atoms with E-state index in [0.717, 1.165) is 24.6 Å². The Morgan fingerprint density at radius 2 is 2.11 bits per heavy atom. The lowest BCUT2D eigenvalue weighted by molar-refractivity contribution is 0.384. The predicted molar refractivity (Wildman–Crippen MR) is 79.1 cm³/mol. The summed E-state index contributed by atoms with van der Waals surface area (Å²) in [7, 11) is 0. The molecule has 0 spiro atoms. The number of hydrogen-bond donors (Lipinski definition) is 1. The summed E-state index contributed by atoms with van der Waals surface area (Å²) in [4.78, 5) is 0. The van der Waals surface area contributed by atoms with Gasteiger partial charge < -0.3 is 5.32 Å². The minimum Gasteiger partial charge on any atom is -0.314 e. The van der Waals surface area contributed by atoms with Gasteiger partial charge in [-0.2, -0.15) is 0 Å². The first-order valence-electron chi connectivity index (χ1n) is 7.22. The average Bonchev–Trinajstić information content (AvgIpc) is 3.14. The van der Waals surface area contributed by atoms with Crippen LogP contribution in [-0.2, 0) is 6.42 Å². The van der Waals surface area contributed by atoms with E-state index in [1.54, 1.807) is 6.07 Å². The van der Waals surface area contributed by atoms with Crippen molar-refractivity contribution in [1.82, 2.24) is 5.32 Å². The highest BCUT2D eigenvalue weighted by molar-refractivity contribution is 6.30. The highest BCUT2D eigenvalue weighted by Crippen LogP contribution is 2.23. The molecule has 2 rings (SSSR count). The molecule has 1 aromatic rings. The second-order valence-corrected chi connectivity index (χ2v) is 6.54. The van der Waals surface area contributed by atoms with Gasteiger partial charge >= 0.3 is 0 Å². The van der Waals surface area contributed by atoms with Gasteiger partial charge in [0.2, 0.25) is 0 Å². The third-order valence-corrected chi connectivity index (χ3v) is 3.88. The third-order valence-electron chi connectivity index (χ3n) is 3.59. The van der Waals surface area contributed by atoms with Crippen molar-refractivity contribution in [3.63, 3.8) is 0 Å². The zero-order chi connectivity index (χ0) is 13.8. The summed E-state index contributed by atoms with van der Waals surface area (Å²) in [6.45, 7) is 5.56. The topological polar surface area (TPSA) is 12.0 Å². The van der Waals surface area contributed by atoms with Gasteiger partial charge in [0.25, 0.3) is 0 Å². The van der Waals surface area contributed by atoms with Gasteiger partial charge in [-0.1, -0.05) is 31.5 Å². The maximum atomic E-state index is 13.2. The van der Waals surface area contributed by atoms with Crippen LogP contribution >= 0.6 is 11.6 Å². The van der Waals surface area contributed by atoms with Gasteiger partial charge in [-0.3, -0.25) is 0 Å². The maximum Gasteiger partial charge on any atom is 0.141 e. The summed E-state index contributed by atoms with van der Waals surface area (Å²) in [5, 5.41) is 3.83. The summed E-state index contributed by atoms with van der Waals surface area (Å²) >= 11 is 5.85. The minimum atomic E-state index is -0.332. The number of nitrogens with one attached hydrogen (secondary N) is 1. The fourth-order valence-electron chi connectivity index (χ4n) is 2.53. The van der Waals surface area contributed by atoms with Crippen molar-refractivity contribution in [2.45, 2.75) is 45.6 Å². The predicted octanol–water partition coefficient (Wildman–Crippen LogP) is 4.44. The van der Waals surface area contributed by atoms with Crippen molar-refractivity contribution >= 4 is 11.6 Å². The van der Waals surface area contributed by atoms with E-state index in [4.69, 9.17) is 11.6 Å². The molecule has 1 aliphatic rings. The second kappa shape index (κ2) is 6.71. The van der Waals surface area contributed by atoms with Crippen LogP contribution in [0.1, 0.15) is 38.7 Å². The van der Waals surface area contributed by atoms with Crippen molar-refractivity contribution in [2.24, 2.45) is 11.8 Å². The molecule has 106 valence electrons. The average molecular weight is 284 g/mol. The van der Waals surface area contributed by atoms with Crippen LogP contribution in [0.5, 0.6) is 0 Å². The Labute approximate surface area is 120 Å². The first kappa shape index (κ1) is 14.8. The molecule has 1 aliphatic carbocycles. The second-order valence-electron chi connectivity index (χ2n) is 6.13. The summed E-state index contributed by atoms with van der Waals surface area (Å²) < 4.78 is 13.2. The Morgan fingerprint density at radius 1 is 1.37 bits per heavy atom. The number of rotatable bonds is 7. The summed E-state index contributed by atoms with van der Waals surface area (Å²) in [5.41, 5.74) is 1.13. The van der Waals surface area contributed by atoms with Crippen molar-refractivity contribution in [1.29, 1.82) is 0 Å². The minimum absolute atomic E-state index is 0.232. The number of halogens is 2. The van der Waals surface area contributed by atoms with Crippen LogP contribution in [0.2, 0.25) is 5.02 Å². The van der Waals surface area contributed by atoms with E-state index in [0.29, 0.717) is 11.8 Å². The molecule has 1 unspecified atom stereocenters. The Kier molecular flexibility index (Phi) is 5.23. The first-order valence-corrected chi connectivity index (χ1v) is 7.59. The van der Waals surface area contributed by atoms with Crippen molar-refractivity contribution in [3.8, 4) is 0 Å². The van der Waals surface area contributed by atoms with E-state index in [2.05, 4.69) is 19.2 Å². The highest BCUT2D eigenvalue weighted by Gasteiger charge is 2.22. The van der Waals surface area contributed by atoms with Gasteiger partial charge in [-0.05, 0) is 61.8 Å². The Bertz CT molecular complexity index is 415. The van der Waals surface area contributed by atoms with Gasteiger partial charge in [-0.15, -0.1) is 0 Å². The van der Waals surface area contributed by atoms with E-state index in [9.17, 15) is 4.39 Å². The van der Waals surface area contributed by atoms with Gasteiger partial charge in [0, 0.05) is 6.04 Å². The van der Waals surface area contributed by atoms with E-state index in [1.165, 1.54) is 25.3 Å². The molecule has 1 nitrogen and oxygen atoms in total. The summed E-state index contributed by atoms with van der Waals surface area (Å²) in [5.74, 6) is 0.950. The highest BCUT2D eigenvalue weighted by atomic mass is 35.5. The molecule has 0 aromatic heterocycles. The van der Waals surface area contributed by atoms with Crippen molar-refractivity contribution in [3.05, 3.63) is 34.6 Å². The van der Waals surface area contributed by atoms with E-state index >= 15 is 0 Å². The molecule has 1 N–H and O–H groups in total. The van der Waals surface area contributed by atoms with Crippen LogP contribution in [0.25, 0.3) is 0 Å². The normalized spacial score (nSPS) is 16.9. The fourth-order valence-corrected chi connectivity index (χ4v) is 2.73. The molecule has 1 atom stereocenters. The summed E-state index contributed by atoms with van der Waals surface area (Å²) in [6, 6.07) is 5.83. The smallest absolute Gasteiger partial charge is 0.141 e. The molecule has 0 bridgehead atoms. The Hall–Kier alpha value is -0.600. The van der Waals surface area contributed by atoms with Gasteiger partial charge in [-0.25, -0.2) is 4.39 Å².